The Labute approximate surface area is 94.2 Å². The number of halogens is 1. The lowest BCUT2D eigenvalue weighted by Crippen LogP contribution is -1.93. The molecule has 0 amide bonds. The van der Waals surface area contributed by atoms with Gasteiger partial charge in [0, 0.05) is 10.4 Å². The fourth-order valence-electron chi connectivity index (χ4n) is 1.31. The summed E-state index contributed by atoms with van der Waals surface area (Å²) >= 11 is 3.42. The molecule has 0 aliphatic carbocycles. The molecule has 0 bridgehead atoms. The van der Waals surface area contributed by atoms with Crippen molar-refractivity contribution in [3.8, 4) is 11.8 Å². The van der Waals surface area contributed by atoms with E-state index >= 15 is 0 Å². The zero-order valence-electron chi connectivity index (χ0n) is 8.26. The second-order valence-corrected chi connectivity index (χ2v) is 3.94. The van der Waals surface area contributed by atoms with Gasteiger partial charge in [-0.2, -0.15) is 0 Å². The van der Waals surface area contributed by atoms with Crippen molar-refractivity contribution >= 4 is 15.9 Å². The predicted octanol–water partition coefficient (Wildman–Crippen LogP) is 4.13. The van der Waals surface area contributed by atoms with Gasteiger partial charge in [-0.05, 0) is 31.0 Å². The second kappa shape index (κ2) is 5.67. The number of rotatable bonds is 3. The summed E-state index contributed by atoms with van der Waals surface area (Å²) in [5.41, 5.74) is 1.25. The Kier molecular flexibility index (Phi) is 4.49. The first kappa shape index (κ1) is 11.1. The third-order valence-corrected chi connectivity index (χ3v) is 2.52. The SMILES string of the molecule is C=CCC(C#CC)c1ccc(Br)cc1. The lowest BCUT2D eigenvalue weighted by atomic mass is 9.96. The topological polar surface area (TPSA) is 0 Å². The maximum atomic E-state index is 3.75. The summed E-state index contributed by atoms with van der Waals surface area (Å²) in [5.74, 6) is 6.42. The van der Waals surface area contributed by atoms with E-state index in [9.17, 15) is 0 Å². The minimum atomic E-state index is 0.283. The molecule has 0 N–H and O–H groups in total. The van der Waals surface area contributed by atoms with Gasteiger partial charge in [-0.1, -0.05) is 40.1 Å². The van der Waals surface area contributed by atoms with Crippen LogP contribution in [0.3, 0.4) is 0 Å². The Morgan fingerprint density at radius 3 is 2.57 bits per heavy atom. The van der Waals surface area contributed by atoms with Gasteiger partial charge in [-0.15, -0.1) is 12.5 Å². The number of allylic oxidation sites excluding steroid dienone is 1. The molecular formula is C13H13Br. The van der Waals surface area contributed by atoms with Crippen LogP contribution in [0.2, 0.25) is 0 Å². The van der Waals surface area contributed by atoms with Crippen LogP contribution < -0.4 is 0 Å². The largest absolute Gasteiger partial charge is 0.106 e. The zero-order valence-corrected chi connectivity index (χ0v) is 9.84. The molecule has 0 aliphatic heterocycles. The molecule has 0 aliphatic rings. The molecule has 1 aromatic rings. The van der Waals surface area contributed by atoms with Crippen LogP contribution in [0.5, 0.6) is 0 Å². The van der Waals surface area contributed by atoms with Crippen LogP contribution in [0.25, 0.3) is 0 Å². The smallest absolute Gasteiger partial charge is 0.0486 e. The average molecular weight is 249 g/mol. The van der Waals surface area contributed by atoms with Crippen LogP contribution in [-0.4, -0.2) is 0 Å². The normalized spacial score (nSPS) is 11.3. The van der Waals surface area contributed by atoms with Crippen LogP contribution in [0.4, 0.5) is 0 Å². The summed E-state index contributed by atoms with van der Waals surface area (Å²) < 4.78 is 1.10. The Bertz CT molecular complexity index is 351. The van der Waals surface area contributed by atoms with Gasteiger partial charge in [0.05, 0.1) is 0 Å². The van der Waals surface area contributed by atoms with Gasteiger partial charge < -0.3 is 0 Å². The summed E-state index contributed by atoms with van der Waals surface area (Å²) in [6.07, 6.45) is 2.82. The molecule has 0 saturated carbocycles. The summed E-state index contributed by atoms with van der Waals surface area (Å²) in [7, 11) is 0. The molecule has 1 heteroatoms. The van der Waals surface area contributed by atoms with Crippen molar-refractivity contribution in [2.24, 2.45) is 0 Å². The Morgan fingerprint density at radius 2 is 2.07 bits per heavy atom. The molecule has 14 heavy (non-hydrogen) atoms. The maximum Gasteiger partial charge on any atom is 0.0486 e. The average Bonchev–Trinajstić information content (AvgIpc) is 2.19. The summed E-state index contributed by atoms with van der Waals surface area (Å²) in [6.45, 7) is 5.62. The molecule has 72 valence electrons. The van der Waals surface area contributed by atoms with Crippen molar-refractivity contribution in [2.45, 2.75) is 19.3 Å². The number of hydrogen-bond donors (Lipinski definition) is 0. The van der Waals surface area contributed by atoms with E-state index in [0.29, 0.717) is 0 Å². The lowest BCUT2D eigenvalue weighted by molar-refractivity contribution is 0.894. The van der Waals surface area contributed by atoms with Gasteiger partial charge in [-0.25, -0.2) is 0 Å². The molecular weight excluding hydrogens is 236 g/mol. The highest BCUT2D eigenvalue weighted by molar-refractivity contribution is 9.10. The van der Waals surface area contributed by atoms with E-state index < -0.39 is 0 Å². The van der Waals surface area contributed by atoms with Crippen molar-refractivity contribution < 1.29 is 0 Å². The van der Waals surface area contributed by atoms with E-state index in [2.05, 4.69) is 46.5 Å². The zero-order chi connectivity index (χ0) is 10.4. The molecule has 1 unspecified atom stereocenters. The highest BCUT2D eigenvalue weighted by Crippen LogP contribution is 2.21. The molecule has 0 nitrogen and oxygen atoms in total. The van der Waals surface area contributed by atoms with E-state index in [1.54, 1.807) is 0 Å². The monoisotopic (exact) mass is 248 g/mol. The fraction of sp³-hybridized carbons (Fsp3) is 0.231. The molecule has 0 spiro atoms. The van der Waals surface area contributed by atoms with Crippen molar-refractivity contribution in [1.82, 2.24) is 0 Å². The predicted molar refractivity (Wildman–Crippen MR) is 65.1 cm³/mol. The highest BCUT2D eigenvalue weighted by atomic mass is 79.9. The molecule has 1 aromatic carbocycles. The van der Waals surface area contributed by atoms with E-state index in [1.807, 2.05) is 25.1 Å². The van der Waals surface area contributed by atoms with Crippen LogP contribution in [0, 0.1) is 11.8 Å². The molecule has 0 fully saturated rings. The maximum absolute atomic E-state index is 3.75. The van der Waals surface area contributed by atoms with E-state index in [-0.39, 0.29) is 5.92 Å². The second-order valence-electron chi connectivity index (χ2n) is 3.02. The Morgan fingerprint density at radius 1 is 1.43 bits per heavy atom. The minimum absolute atomic E-state index is 0.283. The summed E-state index contributed by atoms with van der Waals surface area (Å²) in [5, 5.41) is 0. The standard InChI is InChI=1S/C13H13Br/c1-3-5-11(6-4-2)12-7-9-13(14)10-8-12/h3,7-11H,1,5H2,2H3. The molecule has 1 atom stereocenters. The Hall–Kier alpha value is -1.000. The molecule has 0 radical (unpaired) electrons. The number of hydrogen-bond acceptors (Lipinski definition) is 0. The van der Waals surface area contributed by atoms with Gasteiger partial charge in [0.25, 0.3) is 0 Å². The minimum Gasteiger partial charge on any atom is -0.106 e. The van der Waals surface area contributed by atoms with Gasteiger partial charge in [0.2, 0.25) is 0 Å². The van der Waals surface area contributed by atoms with Crippen molar-refractivity contribution in [1.29, 1.82) is 0 Å². The highest BCUT2D eigenvalue weighted by Gasteiger charge is 2.05. The van der Waals surface area contributed by atoms with Crippen LogP contribution in [-0.2, 0) is 0 Å². The Balaban J connectivity index is 2.90. The van der Waals surface area contributed by atoms with Crippen molar-refractivity contribution in [3.05, 3.63) is 47.0 Å². The van der Waals surface area contributed by atoms with Crippen molar-refractivity contribution in [3.63, 3.8) is 0 Å². The van der Waals surface area contributed by atoms with Gasteiger partial charge >= 0.3 is 0 Å². The molecule has 0 saturated heterocycles. The van der Waals surface area contributed by atoms with E-state index in [0.717, 1.165) is 10.9 Å². The first-order chi connectivity index (χ1) is 6.77. The van der Waals surface area contributed by atoms with Crippen LogP contribution >= 0.6 is 15.9 Å². The molecule has 1 rings (SSSR count). The fourth-order valence-corrected chi connectivity index (χ4v) is 1.58. The van der Waals surface area contributed by atoms with Crippen molar-refractivity contribution in [2.75, 3.05) is 0 Å². The van der Waals surface area contributed by atoms with Crippen LogP contribution in [0.15, 0.2) is 41.4 Å². The van der Waals surface area contributed by atoms with Crippen LogP contribution in [0.1, 0.15) is 24.8 Å². The number of benzene rings is 1. The van der Waals surface area contributed by atoms with E-state index in [4.69, 9.17) is 0 Å². The molecule has 0 aromatic heterocycles. The summed E-state index contributed by atoms with van der Waals surface area (Å²) in [4.78, 5) is 0. The van der Waals surface area contributed by atoms with Gasteiger partial charge in [-0.3, -0.25) is 0 Å². The van der Waals surface area contributed by atoms with E-state index in [1.165, 1.54) is 5.56 Å². The molecule has 0 heterocycles. The third kappa shape index (κ3) is 3.05. The lowest BCUT2D eigenvalue weighted by Gasteiger charge is -2.08. The quantitative estimate of drug-likeness (QED) is 0.558. The third-order valence-electron chi connectivity index (χ3n) is 1.99. The first-order valence-corrected chi connectivity index (χ1v) is 5.36. The van der Waals surface area contributed by atoms with Gasteiger partial charge in [0.15, 0.2) is 0 Å². The first-order valence-electron chi connectivity index (χ1n) is 4.56. The summed E-state index contributed by atoms with van der Waals surface area (Å²) in [6, 6.07) is 8.29. The van der Waals surface area contributed by atoms with Gasteiger partial charge in [0.1, 0.15) is 0 Å².